The first-order valence-corrected chi connectivity index (χ1v) is 14.5. The number of hydrogen-bond donors (Lipinski definition) is 2. The van der Waals surface area contributed by atoms with Gasteiger partial charge in [-0.3, -0.25) is 19.2 Å². The van der Waals surface area contributed by atoms with Crippen LogP contribution in [0, 0.1) is 17.2 Å². The number of amides is 4. The lowest BCUT2D eigenvalue weighted by molar-refractivity contribution is -0.146. The number of ether oxygens (including phenoxy) is 1. The monoisotopic (exact) mass is 596 g/mol. The Morgan fingerprint density at radius 2 is 2.00 bits per heavy atom. The van der Waals surface area contributed by atoms with Crippen LogP contribution in [0.1, 0.15) is 43.0 Å². The van der Waals surface area contributed by atoms with Gasteiger partial charge >= 0.3 is 0 Å². The average molecular weight is 597 g/mol. The number of likely N-dealkylation sites (tertiary alicyclic amines) is 1. The van der Waals surface area contributed by atoms with E-state index < -0.39 is 47.4 Å². The molecule has 4 heterocycles. The Morgan fingerprint density at radius 3 is 2.73 bits per heavy atom. The molecule has 2 aromatic heterocycles. The standard InChI is InChI=1S/C31H32N8O5/c1-19(35-27(40)21-16-34-39(17-21)22-7-4-3-5-8-22)28(41)37(2)24(13-20-10-11-20)29(42)38-18-31(14-23(38)15-32)30(43)36-26-25(44-31)9-6-12-33-26/h3-9,12,16-17,19-20,23-24H,10-11,13-14,18H2,1-2H3,(H,35,40)(H,33,36,43). The Balaban J connectivity index is 1.16. The van der Waals surface area contributed by atoms with E-state index in [1.807, 2.05) is 30.3 Å². The Bertz CT molecular complexity index is 1650. The van der Waals surface area contributed by atoms with Crippen molar-refractivity contribution in [2.75, 3.05) is 18.9 Å². The highest BCUT2D eigenvalue weighted by molar-refractivity contribution is 6.01. The molecule has 13 heteroatoms. The van der Waals surface area contributed by atoms with Gasteiger partial charge in [-0.2, -0.15) is 10.4 Å². The lowest BCUT2D eigenvalue weighted by Gasteiger charge is -2.35. The van der Waals surface area contributed by atoms with Crippen LogP contribution in [0.5, 0.6) is 5.75 Å². The molecule has 1 aliphatic carbocycles. The molecule has 1 saturated heterocycles. The van der Waals surface area contributed by atoms with Crippen LogP contribution in [0.15, 0.2) is 61.1 Å². The van der Waals surface area contributed by atoms with Crippen LogP contribution >= 0.6 is 0 Å². The molecule has 4 amide bonds. The summed E-state index contributed by atoms with van der Waals surface area (Å²) in [4.78, 5) is 60.7. The Kier molecular flexibility index (Phi) is 7.50. The maximum Gasteiger partial charge on any atom is 0.271 e. The highest BCUT2D eigenvalue weighted by Crippen LogP contribution is 2.40. The molecule has 2 aliphatic heterocycles. The maximum atomic E-state index is 14.1. The third-order valence-electron chi connectivity index (χ3n) is 8.42. The molecule has 2 N–H and O–H groups in total. The van der Waals surface area contributed by atoms with E-state index in [1.165, 1.54) is 29.2 Å². The van der Waals surface area contributed by atoms with Crippen LogP contribution in [0.4, 0.5) is 5.82 Å². The minimum absolute atomic E-state index is 0.0215. The minimum atomic E-state index is -1.45. The number of nitrogens with zero attached hydrogens (tertiary/aromatic N) is 6. The van der Waals surface area contributed by atoms with Crippen molar-refractivity contribution in [3.8, 4) is 17.5 Å². The van der Waals surface area contributed by atoms with E-state index in [0.29, 0.717) is 12.2 Å². The highest BCUT2D eigenvalue weighted by Gasteiger charge is 2.56. The first kappa shape index (κ1) is 28.9. The third kappa shape index (κ3) is 5.46. The van der Waals surface area contributed by atoms with Gasteiger partial charge in [-0.05, 0) is 43.5 Å². The van der Waals surface area contributed by atoms with Gasteiger partial charge in [0.2, 0.25) is 17.4 Å². The van der Waals surface area contributed by atoms with Gasteiger partial charge < -0.3 is 25.2 Å². The molecule has 13 nitrogen and oxygen atoms in total. The molecule has 1 saturated carbocycles. The molecular weight excluding hydrogens is 564 g/mol. The third-order valence-corrected chi connectivity index (χ3v) is 8.42. The number of nitriles is 1. The number of pyridine rings is 1. The number of benzene rings is 1. The zero-order chi connectivity index (χ0) is 31.0. The molecule has 0 radical (unpaired) electrons. The molecule has 1 spiro atoms. The van der Waals surface area contributed by atoms with E-state index in [-0.39, 0.29) is 30.3 Å². The van der Waals surface area contributed by atoms with E-state index in [2.05, 4.69) is 26.8 Å². The van der Waals surface area contributed by atoms with Gasteiger partial charge in [-0.25, -0.2) is 9.67 Å². The summed E-state index contributed by atoms with van der Waals surface area (Å²) in [6, 6.07) is 12.0. The second-order valence-corrected chi connectivity index (χ2v) is 11.6. The van der Waals surface area contributed by atoms with Crippen LogP contribution in [-0.4, -0.2) is 85.5 Å². The number of fused-ring (bicyclic) bond motifs is 1. The van der Waals surface area contributed by atoms with Crippen molar-refractivity contribution in [3.63, 3.8) is 0 Å². The van der Waals surface area contributed by atoms with E-state index in [1.54, 1.807) is 29.9 Å². The van der Waals surface area contributed by atoms with Crippen LogP contribution in [0.3, 0.4) is 0 Å². The summed E-state index contributed by atoms with van der Waals surface area (Å²) < 4.78 is 7.65. The van der Waals surface area contributed by atoms with Crippen molar-refractivity contribution in [3.05, 3.63) is 66.6 Å². The molecule has 0 bridgehead atoms. The normalized spacial score (nSPS) is 21.8. The fraction of sp³-hybridized carbons (Fsp3) is 0.387. The van der Waals surface area contributed by atoms with Gasteiger partial charge in [0.1, 0.15) is 18.1 Å². The molecular formula is C31H32N8O5. The summed E-state index contributed by atoms with van der Waals surface area (Å²) >= 11 is 0. The number of hydrogen-bond acceptors (Lipinski definition) is 8. The van der Waals surface area contributed by atoms with Crippen molar-refractivity contribution in [2.24, 2.45) is 5.92 Å². The molecule has 6 rings (SSSR count). The summed E-state index contributed by atoms with van der Waals surface area (Å²) in [6.07, 6.45) is 6.79. The lowest BCUT2D eigenvalue weighted by atomic mass is 9.97. The van der Waals surface area contributed by atoms with Crippen molar-refractivity contribution >= 4 is 29.4 Å². The number of likely N-dealkylation sites (N-methyl/N-ethyl adjacent to an activating group) is 1. The topological polar surface area (TPSA) is 163 Å². The second-order valence-electron chi connectivity index (χ2n) is 11.6. The van der Waals surface area contributed by atoms with E-state index in [9.17, 15) is 24.4 Å². The fourth-order valence-electron chi connectivity index (χ4n) is 5.75. The highest BCUT2D eigenvalue weighted by atomic mass is 16.5. The van der Waals surface area contributed by atoms with Crippen molar-refractivity contribution in [1.82, 2.24) is 29.9 Å². The molecule has 44 heavy (non-hydrogen) atoms. The summed E-state index contributed by atoms with van der Waals surface area (Å²) in [5.74, 6) is -0.950. The van der Waals surface area contributed by atoms with Crippen molar-refractivity contribution < 1.29 is 23.9 Å². The predicted octanol–water partition coefficient (Wildman–Crippen LogP) is 1.91. The second kappa shape index (κ2) is 11.4. The Morgan fingerprint density at radius 1 is 1.23 bits per heavy atom. The summed E-state index contributed by atoms with van der Waals surface area (Å²) in [5.41, 5.74) is -0.388. The SMILES string of the molecule is CC(NC(=O)c1cnn(-c2ccccc2)c1)C(=O)N(C)C(CC1CC1)C(=O)N1CC2(CC1C#N)Oc1cccnc1NC2=O. The molecule has 3 aromatic rings. The smallest absolute Gasteiger partial charge is 0.271 e. The number of carbonyl (C=O) groups excluding carboxylic acids is 4. The number of rotatable bonds is 8. The largest absolute Gasteiger partial charge is 0.472 e. The summed E-state index contributed by atoms with van der Waals surface area (Å²) in [7, 11) is 1.53. The van der Waals surface area contributed by atoms with Crippen LogP contribution in [-0.2, 0) is 14.4 Å². The van der Waals surface area contributed by atoms with Crippen molar-refractivity contribution in [2.45, 2.75) is 56.3 Å². The molecule has 2 fully saturated rings. The maximum absolute atomic E-state index is 14.1. The van der Waals surface area contributed by atoms with Gasteiger partial charge in [0.15, 0.2) is 11.6 Å². The van der Waals surface area contributed by atoms with Gasteiger partial charge in [-0.15, -0.1) is 0 Å². The quantitative estimate of drug-likeness (QED) is 0.398. The zero-order valence-electron chi connectivity index (χ0n) is 24.3. The minimum Gasteiger partial charge on any atom is -0.472 e. The van der Waals surface area contributed by atoms with Gasteiger partial charge in [0.05, 0.1) is 30.1 Å². The number of para-hydroxylation sites is 1. The fourth-order valence-corrected chi connectivity index (χ4v) is 5.75. The van der Waals surface area contributed by atoms with E-state index in [0.717, 1.165) is 18.5 Å². The summed E-state index contributed by atoms with van der Waals surface area (Å²) in [6.45, 7) is 1.41. The van der Waals surface area contributed by atoms with Gasteiger partial charge in [-0.1, -0.05) is 31.0 Å². The van der Waals surface area contributed by atoms with E-state index in [4.69, 9.17) is 4.74 Å². The average Bonchev–Trinajstić information content (AvgIpc) is 3.57. The first-order valence-electron chi connectivity index (χ1n) is 14.5. The van der Waals surface area contributed by atoms with Crippen molar-refractivity contribution in [1.29, 1.82) is 5.26 Å². The van der Waals surface area contributed by atoms with E-state index >= 15 is 0 Å². The van der Waals surface area contributed by atoms with Crippen LogP contribution in [0.2, 0.25) is 0 Å². The molecule has 1 aromatic carbocycles. The number of aromatic nitrogens is 3. The molecule has 4 unspecified atom stereocenters. The molecule has 226 valence electrons. The Labute approximate surface area is 253 Å². The first-order chi connectivity index (χ1) is 21.2. The van der Waals surface area contributed by atoms with Gasteiger partial charge in [0.25, 0.3) is 11.8 Å². The van der Waals surface area contributed by atoms with Gasteiger partial charge in [0, 0.05) is 25.9 Å². The molecule has 3 aliphatic rings. The zero-order valence-corrected chi connectivity index (χ0v) is 24.3. The molecule has 4 atom stereocenters. The van der Waals surface area contributed by atoms with Crippen LogP contribution < -0.4 is 15.4 Å². The number of carbonyl (C=O) groups is 4. The lowest BCUT2D eigenvalue weighted by Crippen LogP contribution is -2.57. The Hall–Kier alpha value is -5.25. The van der Waals surface area contributed by atoms with Crippen LogP contribution in [0.25, 0.3) is 5.69 Å². The summed E-state index contributed by atoms with van der Waals surface area (Å²) in [5, 5.41) is 19.7. The number of nitrogens with one attached hydrogen (secondary N) is 2. The predicted molar refractivity (Wildman–Crippen MR) is 156 cm³/mol. The number of anilines is 1.